The molecule has 6 heteroatoms. The van der Waals surface area contributed by atoms with Gasteiger partial charge in [0, 0.05) is 12.6 Å². The van der Waals surface area contributed by atoms with Crippen LogP contribution in [0.15, 0.2) is 0 Å². The number of aliphatic carboxylic acids is 1. The molecule has 1 heterocycles. The summed E-state index contributed by atoms with van der Waals surface area (Å²) in [6, 6.07) is -1.27. The number of hydrogen-bond donors (Lipinski definition) is 3. The Morgan fingerprint density at radius 2 is 1.82 bits per heavy atom. The summed E-state index contributed by atoms with van der Waals surface area (Å²) in [7, 11) is 0. The number of carbonyl (C=O) groups excluding carboxylic acids is 1. The van der Waals surface area contributed by atoms with Gasteiger partial charge in [-0.05, 0) is 39.8 Å². The highest BCUT2D eigenvalue weighted by atomic mass is 16.4. The minimum absolute atomic E-state index is 0.0223. The first-order valence-corrected chi connectivity index (χ1v) is 6.01. The van der Waals surface area contributed by atoms with E-state index in [0.717, 1.165) is 19.6 Å². The quantitative estimate of drug-likeness (QED) is 0.646. The first-order valence-electron chi connectivity index (χ1n) is 6.01. The van der Waals surface area contributed by atoms with E-state index < -0.39 is 18.0 Å². The number of amides is 2. The Morgan fingerprint density at radius 1 is 1.24 bits per heavy atom. The molecule has 1 unspecified atom stereocenters. The molecule has 98 valence electrons. The van der Waals surface area contributed by atoms with Crippen molar-refractivity contribution in [2.24, 2.45) is 0 Å². The molecule has 2 amide bonds. The minimum Gasteiger partial charge on any atom is -0.480 e. The zero-order chi connectivity index (χ0) is 12.8. The second kappa shape index (κ2) is 6.44. The lowest BCUT2D eigenvalue weighted by atomic mass is 10.3. The Morgan fingerprint density at radius 3 is 2.35 bits per heavy atom. The van der Waals surface area contributed by atoms with Crippen LogP contribution in [0.5, 0.6) is 0 Å². The number of carboxylic acid groups (broad SMARTS) is 1. The van der Waals surface area contributed by atoms with E-state index in [-0.39, 0.29) is 6.04 Å². The summed E-state index contributed by atoms with van der Waals surface area (Å²) < 4.78 is 0. The molecule has 2 atom stereocenters. The fourth-order valence-electron chi connectivity index (χ4n) is 1.92. The molecule has 1 saturated heterocycles. The minimum atomic E-state index is -1.03. The molecule has 1 aliphatic rings. The number of nitrogens with zero attached hydrogens (tertiary/aromatic N) is 1. The van der Waals surface area contributed by atoms with Crippen LogP contribution >= 0.6 is 0 Å². The monoisotopic (exact) mass is 243 g/mol. The Hall–Kier alpha value is -1.30. The smallest absolute Gasteiger partial charge is 0.325 e. The largest absolute Gasteiger partial charge is 0.480 e. The van der Waals surface area contributed by atoms with Crippen molar-refractivity contribution in [1.82, 2.24) is 15.5 Å². The van der Waals surface area contributed by atoms with E-state index in [0.29, 0.717) is 0 Å². The summed E-state index contributed by atoms with van der Waals surface area (Å²) in [6.07, 6.45) is 2.43. The van der Waals surface area contributed by atoms with Crippen LogP contribution in [0.3, 0.4) is 0 Å². The van der Waals surface area contributed by atoms with E-state index in [1.54, 1.807) is 0 Å². The van der Waals surface area contributed by atoms with Gasteiger partial charge in [0.05, 0.1) is 0 Å². The second-order valence-electron chi connectivity index (χ2n) is 4.59. The van der Waals surface area contributed by atoms with Crippen molar-refractivity contribution in [3.8, 4) is 0 Å². The van der Waals surface area contributed by atoms with Crippen molar-refractivity contribution in [1.29, 1.82) is 0 Å². The van der Waals surface area contributed by atoms with Gasteiger partial charge in [-0.25, -0.2) is 4.79 Å². The maximum Gasteiger partial charge on any atom is 0.325 e. The van der Waals surface area contributed by atoms with Crippen molar-refractivity contribution in [3.05, 3.63) is 0 Å². The molecule has 3 N–H and O–H groups in total. The first-order chi connectivity index (χ1) is 7.99. The fourth-order valence-corrected chi connectivity index (χ4v) is 1.92. The van der Waals surface area contributed by atoms with E-state index in [9.17, 15) is 9.59 Å². The van der Waals surface area contributed by atoms with Gasteiger partial charge in [-0.3, -0.25) is 4.79 Å². The number of rotatable bonds is 5. The molecule has 6 nitrogen and oxygen atoms in total. The highest BCUT2D eigenvalue weighted by molar-refractivity contribution is 5.82. The van der Waals surface area contributed by atoms with Gasteiger partial charge in [0.15, 0.2) is 0 Å². The zero-order valence-electron chi connectivity index (χ0n) is 10.4. The average molecular weight is 243 g/mol. The Kier molecular flexibility index (Phi) is 5.21. The molecule has 0 aromatic heterocycles. The highest BCUT2D eigenvalue weighted by Crippen LogP contribution is 2.07. The summed E-state index contributed by atoms with van der Waals surface area (Å²) in [5.41, 5.74) is 0. The molecule has 0 bridgehead atoms. The molecule has 1 aliphatic heterocycles. The van der Waals surface area contributed by atoms with Crippen molar-refractivity contribution in [2.75, 3.05) is 19.6 Å². The maximum absolute atomic E-state index is 11.4. The number of urea groups is 1. The molecule has 0 aliphatic carbocycles. The van der Waals surface area contributed by atoms with Gasteiger partial charge in [-0.1, -0.05) is 0 Å². The zero-order valence-corrected chi connectivity index (χ0v) is 10.4. The molecule has 0 spiro atoms. The summed E-state index contributed by atoms with van der Waals surface area (Å²) in [5.74, 6) is -1.03. The van der Waals surface area contributed by atoms with Crippen LogP contribution in [-0.4, -0.2) is 53.7 Å². The SMILES string of the molecule is CC(CN1CCCC1)NC(=O)N[C@H](C)C(=O)O. The molecule has 0 saturated carbocycles. The third kappa shape index (κ3) is 5.04. The lowest BCUT2D eigenvalue weighted by molar-refractivity contribution is -0.138. The van der Waals surface area contributed by atoms with Crippen LogP contribution in [0.1, 0.15) is 26.7 Å². The van der Waals surface area contributed by atoms with Crippen LogP contribution < -0.4 is 10.6 Å². The van der Waals surface area contributed by atoms with E-state index in [4.69, 9.17) is 5.11 Å². The molecule has 0 radical (unpaired) electrons. The van der Waals surface area contributed by atoms with Crippen molar-refractivity contribution in [3.63, 3.8) is 0 Å². The summed E-state index contributed by atoms with van der Waals surface area (Å²) in [4.78, 5) is 24.3. The van der Waals surface area contributed by atoms with Gasteiger partial charge in [-0.2, -0.15) is 0 Å². The molecule has 0 aromatic rings. The van der Waals surface area contributed by atoms with Gasteiger partial charge in [0.2, 0.25) is 0 Å². The molecular formula is C11H21N3O3. The summed E-state index contributed by atoms with van der Waals surface area (Å²) >= 11 is 0. The van der Waals surface area contributed by atoms with Gasteiger partial charge < -0.3 is 20.6 Å². The van der Waals surface area contributed by atoms with Crippen molar-refractivity contribution >= 4 is 12.0 Å². The molecule has 17 heavy (non-hydrogen) atoms. The number of nitrogens with one attached hydrogen (secondary N) is 2. The predicted molar refractivity (Wildman–Crippen MR) is 63.9 cm³/mol. The Bertz CT molecular complexity index is 277. The maximum atomic E-state index is 11.4. The second-order valence-corrected chi connectivity index (χ2v) is 4.59. The third-order valence-corrected chi connectivity index (χ3v) is 2.83. The van der Waals surface area contributed by atoms with Gasteiger partial charge >= 0.3 is 12.0 Å². The average Bonchev–Trinajstić information content (AvgIpc) is 2.69. The van der Waals surface area contributed by atoms with Crippen LogP contribution in [0.25, 0.3) is 0 Å². The first kappa shape index (κ1) is 13.8. The third-order valence-electron chi connectivity index (χ3n) is 2.83. The fraction of sp³-hybridized carbons (Fsp3) is 0.818. The standard InChI is InChI=1S/C11H21N3O3/c1-8(7-14-5-3-4-6-14)12-11(17)13-9(2)10(15)16/h8-9H,3-7H2,1-2H3,(H,15,16)(H2,12,13,17)/t8?,9-/m1/s1. The number of carbonyl (C=O) groups is 2. The number of likely N-dealkylation sites (tertiary alicyclic amines) is 1. The van der Waals surface area contributed by atoms with Gasteiger partial charge in [0.1, 0.15) is 6.04 Å². The van der Waals surface area contributed by atoms with E-state index in [1.165, 1.54) is 19.8 Å². The summed E-state index contributed by atoms with van der Waals surface area (Å²) in [6.45, 7) is 6.34. The van der Waals surface area contributed by atoms with Gasteiger partial charge in [0.25, 0.3) is 0 Å². The van der Waals surface area contributed by atoms with Gasteiger partial charge in [-0.15, -0.1) is 0 Å². The lowest BCUT2D eigenvalue weighted by Gasteiger charge is -2.21. The summed E-state index contributed by atoms with van der Waals surface area (Å²) in [5, 5.41) is 13.7. The lowest BCUT2D eigenvalue weighted by Crippen LogP contribution is -2.49. The van der Waals surface area contributed by atoms with Crippen LogP contribution in [0.4, 0.5) is 4.79 Å². The van der Waals surface area contributed by atoms with E-state index in [1.807, 2.05) is 6.92 Å². The molecule has 1 fully saturated rings. The van der Waals surface area contributed by atoms with E-state index >= 15 is 0 Å². The molecule has 1 rings (SSSR count). The normalized spacial score (nSPS) is 19.6. The van der Waals surface area contributed by atoms with E-state index in [2.05, 4.69) is 15.5 Å². The Balaban J connectivity index is 2.22. The Labute approximate surface area is 101 Å². The molecular weight excluding hydrogens is 222 g/mol. The highest BCUT2D eigenvalue weighted by Gasteiger charge is 2.18. The topological polar surface area (TPSA) is 81.7 Å². The molecule has 0 aromatic carbocycles. The number of hydrogen-bond acceptors (Lipinski definition) is 3. The predicted octanol–water partition coefficient (Wildman–Crippen LogP) is 0.243. The van der Waals surface area contributed by atoms with Crippen molar-refractivity contribution < 1.29 is 14.7 Å². The van der Waals surface area contributed by atoms with Crippen LogP contribution in [-0.2, 0) is 4.79 Å². The van der Waals surface area contributed by atoms with Crippen molar-refractivity contribution in [2.45, 2.75) is 38.8 Å². The van der Waals surface area contributed by atoms with Crippen LogP contribution in [0, 0.1) is 0 Å². The number of carboxylic acids is 1. The van der Waals surface area contributed by atoms with Crippen LogP contribution in [0.2, 0.25) is 0 Å².